The number of nitrogens with zero attached hydrogens (tertiary/aromatic N) is 5. The molecular formula is C18H24ClN5O. The lowest BCUT2D eigenvalue weighted by molar-refractivity contribution is 0.112. The Bertz CT molecular complexity index is 701. The van der Waals surface area contributed by atoms with E-state index in [1.807, 2.05) is 18.9 Å². The van der Waals surface area contributed by atoms with Crippen molar-refractivity contribution in [2.75, 3.05) is 38.1 Å². The normalized spacial score (nSPS) is 21.4. The van der Waals surface area contributed by atoms with Gasteiger partial charge in [0.1, 0.15) is 6.07 Å². The highest BCUT2D eigenvalue weighted by atomic mass is 35.5. The minimum absolute atomic E-state index is 0.129. The smallest absolute Gasteiger partial charge is 0.320 e. The second kappa shape index (κ2) is 7.49. The SMILES string of the molecule is CCc1c(N2CCCC(N3CCCN(C)C3=O)C2)cnc(C#N)c1Cl. The van der Waals surface area contributed by atoms with E-state index in [4.69, 9.17) is 16.9 Å². The molecule has 0 radical (unpaired) electrons. The van der Waals surface area contributed by atoms with E-state index in [1.165, 1.54) is 0 Å². The molecule has 1 unspecified atom stereocenters. The highest BCUT2D eigenvalue weighted by Gasteiger charge is 2.33. The van der Waals surface area contributed by atoms with Gasteiger partial charge in [0.25, 0.3) is 0 Å². The van der Waals surface area contributed by atoms with Crippen molar-refractivity contribution in [1.82, 2.24) is 14.8 Å². The number of rotatable bonds is 3. The summed E-state index contributed by atoms with van der Waals surface area (Å²) in [5.74, 6) is 0. The molecule has 2 aliphatic heterocycles. The van der Waals surface area contributed by atoms with Crippen LogP contribution >= 0.6 is 11.6 Å². The van der Waals surface area contributed by atoms with Crippen LogP contribution in [0.2, 0.25) is 5.02 Å². The maximum atomic E-state index is 12.5. The van der Waals surface area contributed by atoms with Crippen LogP contribution in [0.1, 0.15) is 37.4 Å². The van der Waals surface area contributed by atoms with Crippen LogP contribution in [0, 0.1) is 11.3 Å². The number of amides is 2. The minimum atomic E-state index is 0.129. The second-order valence-corrected chi connectivity index (χ2v) is 7.12. The number of hydrogen-bond acceptors (Lipinski definition) is 4. The molecule has 2 amide bonds. The van der Waals surface area contributed by atoms with Gasteiger partial charge in [-0.2, -0.15) is 5.26 Å². The molecule has 0 saturated carbocycles. The molecule has 3 heterocycles. The molecule has 134 valence electrons. The summed E-state index contributed by atoms with van der Waals surface area (Å²) < 4.78 is 0. The first-order valence-electron chi connectivity index (χ1n) is 8.91. The van der Waals surface area contributed by atoms with Gasteiger partial charge in [-0.15, -0.1) is 0 Å². The highest BCUT2D eigenvalue weighted by molar-refractivity contribution is 6.32. The summed E-state index contributed by atoms with van der Waals surface area (Å²) in [6, 6.07) is 2.39. The van der Waals surface area contributed by atoms with Crippen molar-refractivity contribution in [2.45, 2.75) is 38.6 Å². The topological polar surface area (TPSA) is 63.5 Å². The van der Waals surface area contributed by atoms with Crippen molar-refractivity contribution in [3.63, 3.8) is 0 Å². The predicted octanol–water partition coefficient (Wildman–Crippen LogP) is 2.90. The lowest BCUT2D eigenvalue weighted by Crippen LogP contribution is -2.56. The Morgan fingerprint density at radius 3 is 2.88 bits per heavy atom. The Kier molecular flexibility index (Phi) is 5.33. The fourth-order valence-corrected chi connectivity index (χ4v) is 4.18. The molecule has 0 N–H and O–H groups in total. The number of urea groups is 1. The van der Waals surface area contributed by atoms with Crippen LogP contribution in [0.5, 0.6) is 0 Å². The van der Waals surface area contributed by atoms with Gasteiger partial charge in [-0.1, -0.05) is 18.5 Å². The summed E-state index contributed by atoms with van der Waals surface area (Å²) in [4.78, 5) is 22.8. The lowest BCUT2D eigenvalue weighted by atomic mass is 10.0. The van der Waals surface area contributed by atoms with Crippen molar-refractivity contribution in [3.8, 4) is 6.07 Å². The van der Waals surface area contributed by atoms with Crippen LogP contribution in [-0.2, 0) is 6.42 Å². The fraction of sp³-hybridized carbons (Fsp3) is 0.611. The molecule has 2 aliphatic rings. The largest absolute Gasteiger partial charge is 0.368 e. The third-order valence-corrected chi connectivity index (χ3v) is 5.61. The molecule has 3 rings (SSSR count). The average molecular weight is 362 g/mol. The highest BCUT2D eigenvalue weighted by Crippen LogP contribution is 2.32. The molecule has 2 saturated heterocycles. The quantitative estimate of drug-likeness (QED) is 0.830. The van der Waals surface area contributed by atoms with Crippen LogP contribution in [0.3, 0.4) is 0 Å². The van der Waals surface area contributed by atoms with E-state index >= 15 is 0 Å². The minimum Gasteiger partial charge on any atom is -0.368 e. The average Bonchev–Trinajstić information content (AvgIpc) is 2.63. The number of pyridine rings is 1. The van der Waals surface area contributed by atoms with Crippen LogP contribution in [0.15, 0.2) is 6.20 Å². The number of aromatic nitrogens is 1. The summed E-state index contributed by atoms with van der Waals surface area (Å²) in [5, 5.41) is 9.60. The van der Waals surface area contributed by atoms with Gasteiger partial charge < -0.3 is 14.7 Å². The molecule has 0 aromatic carbocycles. The molecule has 0 spiro atoms. The summed E-state index contributed by atoms with van der Waals surface area (Å²) in [5.41, 5.74) is 2.24. The van der Waals surface area contributed by atoms with Crippen LogP contribution in [-0.4, -0.2) is 60.1 Å². The van der Waals surface area contributed by atoms with Gasteiger partial charge in [0.05, 0.1) is 22.9 Å². The first kappa shape index (κ1) is 17.8. The number of nitriles is 1. The third-order valence-electron chi connectivity index (χ3n) is 5.20. The molecule has 0 aliphatic carbocycles. The lowest BCUT2D eigenvalue weighted by Gasteiger charge is -2.44. The van der Waals surface area contributed by atoms with Crippen molar-refractivity contribution < 1.29 is 4.79 Å². The van der Waals surface area contributed by atoms with E-state index in [0.29, 0.717) is 5.02 Å². The number of hydrogen-bond donors (Lipinski definition) is 0. The van der Waals surface area contributed by atoms with Crippen LogP contribution in [0.4, 0.5) is 10.5 Å². The van der Waals surface area contributed by atoms with Gasteiger partial charge in [0, 0.05) is 33.2 Å². The Hall–Kier alpha value is -2.00. The van der Waals surface area contributed by atoms with E-state index < -0.39 is 0 Å². The van der Waals surface area contributed by atoms with Crippen LogP contribution < -0.4 is 4.90 Å². The maximum absolute atomic E-state index is 12.5. The second-order valence-electron chi connectivity index (χ2n) is 6.74. The Labute approximate surface area is 154 Å². The zero-order chi connectivity index (χ0) is 18.0. The summed E-state index contributed by atoms with van der Waals surface area (Å²) in [6.07, 6.45) is 5.57. The number of carbonyl (C=O) groups excluding carboxylic acids is 1. The van der Waals surface area contributed by atoms with E-state index in [-0.39, 0.29) is 17.8 Å². The standard InChI is InChI=1S/C18H24ClN5O/c1-3-14-16(11-21-15(10-20)17(14)19)23-8-4-6-13(12-23)24-9-5-7-22(2)18(24)25/h11,13H,3-9,12H2,1-2H3. The van der Waals surface area contributed by atoms with Gasteiger partial charge in [0.15, 0.2) is 5.69 Å². The molecular weight excluding hydrogens is 338 g/mol. The number of piperidine rings is 1. The summed E-state index contributed by atoms with van der Waals surface area (Å²) in [7, 11) is 1.87. The van der Waals surface area contributed by atoms with Gasteiger partial charge in [-0.3, -0.25) is 0 Å². The monoisotopic (exact) mass is 361 g/mol. The zero-order valence-corrected chi connectivity index (χ0v) is 15.6. The number of anilines is 1. The number of carbonyl (C=O) groups is 1. The Balaban J connectivity index is 1.83. The van der Waals surface area contributed by atoms with Crippen molar-refractivity contribution >= 4 is 23.3 Å². The van der Waals surface area contributed by atoms with Crippen LogP contribution in [0.25, 0.3) is 0 Å². The Morgan fingerprint density at radius 2 is 2.16 bits per heavy atom. The molecule has 6 nitrogen and oxygen atoms in total. The molecule has 1 aromatic heterocycles. The third kappa shape index (κ3) is 3.38. The summed E-state index contributed by atoms with van der Waals surface area (Å²) in [6.45, 7) is 5.41. The zero-order valence-electron chi connectivity index (χ0n) is 14.8. The first-order chi connectivity index (χ1) is 12.1. The fourth-order valence-electron chi connectivity index (χ4n) is 3.86. The predicted molar refractivity (Wildman–Crippen MR) is 97.9 cm³/mol. The molecule has 1 atom stereocenters. The molecule has 2 fully saturated rings. The maximum Gasteiger partial charge on any atom is 0.320 e. The van der Waals surface area contributed by atoms with Crippen molar-refractivity contribution in [3.05, 3.63) is 22.5 Å². The van der Waals surface area contributed by atoms with E-state index in [2.05, 4.69) is 16.0 Å². The molecule has 7 heteroatoms. The Morgan fingerprint density at radius 1 is 1.36 bits per heavy atom. The van der Waals surface area contributed by atoms with E-state index in [1.54, 1.807) is 11.1 Å². The van der Waals surface area contributed by atoms with Crippen molar-refractivity contribution in [2.24, 2.45) is 0 Å². The first-order valence-corrected chi connectivity index (χ1v) is 9.28. The van der Waals surface area contributed by atoms with Gasteiger partial charge >= 0.3 is 6.03 Å². The van der Waals surface area contributed by atoms with Gasteiger partial charge in [0.2, 0.25) is 0 Å². The molecule has 0 bridgehead atoms. The molecule has 25 heavy (non-hydrogen) atoms. The number of halogens is 1. The van der Waals surface area contributed by atoms with E-state index in [9.17, 15) is 4.79 Å². The molecule has 1 aromatic rings. The van der Waals surface area contributed by atoms with Crippen molar-refractivity contribution in [1.29, 1.82) is 5.26 Å². The summed E-state index contributed by atoms with van der Waals surface area (Å²) >= 11 is 6.38. The van der Waals surface area contributed by atoms with Gasteiger partial charge in [-0.05, 0) is 31.2 Å². The van der Waals surface area contributed by atoms with E-state index in [0.717, 1.165) is 63.1 Å². The van der Waals surface area contributed by atoms with Gasteiger partial charge in [-0.25, -0.2) is 9.78 Å².